The predicted molar refractivity (Wildman–Crippen MR) is 114 cm³/mol. The van der Waals surface area contributed by atoms with Gasteiger partial charge in [0, 0.05) is 30.6 Å². The quantitative estimate of drug-likeness (QED) is 0.436. The zero-order chi connectivity index (χ0) is 22.4. The zero-order valence-electron chi connectivity index (χ0n) is 17.4. The van der Waals surface area contributed by atoms with E-state index in [0.717, 1.165) is 18.4 Å². The van der Waals surface area contributed by atoms with Gasteiger partial charge in [-0.3, -0.25) is 14.4 Å². The molecule has 0 saturated carbocycles. The second-order valence-corrected chi connectivity index (χ2v) is 9.45. The molecule has 0 spiro atoms. The van der Waals surface area contributed by atoms with Gasteiger partial charge >= 0.3 is 5.97 Å². The normalized spacial score (nSPS) is 14.4. The Balaban J connectivity index is 1.48. The molecular weight excluding hydrogens is 418 g/mol. The van der Waals surface area contributed by atoms with Gasteiger partial charge in [0.05, 0.1) is 11.3 Å². The van der Waals surface area contributed by atoms with E-state index < -0.39 is 28.4 Å². The molecule has 0 atom stereocenters. The Kier molecular flexibility index (Phi) is 7.35. The topological polar surface area (TPSA) is 97.8 Å². The monoisotopic (exact) mass is 443 g/mol. The predicted octanol–water partition coefficient (Wildman–Crippen LogP) is 3.17. The van der Waals surface area contributed by atoms with Crippen LogP contribution in [-0.2, 0) is 19.6 Å². The van der Waals surface area contributed by atoms with E-state index in [1.165, 1.54) is 28.6 Å². The summed E-state index contributed by atoms with van der Waals surface area (Å²) in [6, 6.07) is 12.7. The molecule has 2 aromatic rings. The second kappa shape index (κ2) is 9.98. The van der Waals surface area contributed by atoms with E-state index >= 15 is 0 Å². The number of ketones is 2. The lowest BCUT2D eigenvalue weighted by Gasteiger charge is -2.15. The third-order valence-electron chi connectivity index (χ3n) is 5.17. The first-order chi connectivity index (χ1) is 14.8. The lowest BCUT2D eigenvalue weighted by Crippen LogP contribution is -2.27. The van der Waals surface area contributed by atoms with Gasteiger partial charge in [-0.05, 0) is 44.0 Å². The molecule has 1 heterocycles. The Bertz CT molecular complexity index is 1050. The van der Waals surface area contributed by atoms with Gasteiger partial charge in [0.1, 0.15) is 0 Å². The summed E-state index contributed by atoms with van der Waals surface area (Å²) in [4.78, 5) is 36.4. The van der Waals surface area contributed by atoms with E-state index in [9.17, 15) is 22.8 Å². The van der Waals surface area contributed by atoms with Gasteiger partial charge in [-0.1, -0.05) is 29.8 Å². The number of carbonyl (C=O) groups excluding carboxylic acids is 3. The van der Waals surface area contributed by atoms with Gasteiger partial charge in [-0.15, -0.1) is 0 Å². The average molecular weight is 444 g/mol. The maximum Gasteiger partial charge on any atom is 0.306 e. The average Bonchev–Trinajstić information content (AvgIpc) is 3.32. The number of hydrogen-bond acceptors (Lipinski definition) is 6. The first kappa shape index (κ1) is 22.8. The smallest absolute Gasteiger partial charge is 0.306 e. The summed E-state index contributed by atoms with van der Waals surface area (Å²) in [6.45, 7) is 2.47. The van der Waals surface area contributed by atoms with Crippen molar-refractivity contribution in [1.29, 1.82) is 0 Å². The van der Waals surface area contributed by atoms with Crippen molar-refractivity contribution in [3.63, 3.8) is 0 Å². The maximum absolute atomic E-state index is 12.5. The van der Waals surface area contributed by atoms with Crippen LogP contribution in [0.25, 0.3) is 0 Å². The molecule has 1 aliphatic rings. The Labute approximate surface area is 182 Å². The van der Waals surface area contributed by atoms with Crippen LogP contribution in [0.15, 0.2) is 53.4 Å². The van der Waals surface area contributed by atoms with Crippen LogP contribution >= 0.6 is 0 Å². The van der Waals surface area contributed by atoms with Crippen molar-refractivity contribution in [2.45, 2.75) is 37.5 Å². The lowest BCUT2D eigenvalue weighted by atomic mass is 10.1. The molecule has 8 heteroatoms. The molecule has 1 aliphatic heterocycles. The molecule has 31 heavy (non-hydrogen) atoms. The Hall–Kier alpha value is -2.84. The number of esters is 1. The Morgan fingerprint density at radius 3 is 2.00 bits per heavy atom. The van der Waals surface area contributed by atoms with Gasteiger partial charge in [0.15, 0.2) is 18.2 Å². The van der Waals surface area contributed by atoms with E-state index in [4.69, 9.17) is 4.74 Å². The first-order valence-corrected chi connectivity index (χ1v) is 11.6. The molecule has 0 amide bonds. The number of ether oxygens (including phenoxy) is 1. The van der Waals surface area contributed by atoms with Crippen LogP contribution in [0.2, 0.25) is 0 Å². The van der Waals surface area contributed by atoms with E-state index in [1.54, 1.807) is 12.1 Å². The van der Waals surface area contributed by atoms with Gasteiger partial charge in [-0.2, -0.15) is 4.31 Å². The zero-order valence-corrected chi connectivity index (χ0v) is 18.2. The summed E-state index contributed by atoms with van der Waals surface area (Å²) < 4.78 is 31.5. The van der Waals surface area contributed by atoms with Crippen LogP contribution in [-0.4, -0.2) is 50.0 Å². The Morgan fingerprint density at radius 2 is 1.39 bits per heavy atom. The van der Waals surface area contributed by atoms with E-state index in [-0.39, 0.29) is 29.1 Å². The van der Waals surface area contributed by atoms with E-state index in [2.05, 4.69) is 0 Å². The molecular formula is C23H25NO6S. The number of hydrogen-bond donors (Lipinski definition) is 0. The fourth-order valence-corrected chi connectivity index (χ4v) is 4.81. The van der Waals surface area contributed by atoms with E-state index in [0.29, 0.717) is 18.7 Å². The number of carbonyl (C=O) groups is 3. The maximum atomic E-state index is 12.5. The highest BCUT2D eigenvalue weighted by molar-refractivity contribution is 7.89. The van der Waals surface area contributed by atoms with Crippen LogP contribution in [0, 0.1) is 6.92 Å². The third-order valence-corrected chi connectivity index (χ3v) is 7.09. The molecule has 0 bridgehead atoms. The minimum Gasteiger partial charge on any atom is -0.457 e. The minimum atomic E-state index is -3.54. The second-order valence-electron chi connectivity index (χ2n) is 7.51. The van der Waals surface area contributed by atoms with Crippen molar-refractivity contribution in [3.8, 4) is 0 Å². The molecule has 1 fully saturated rings. The SMILES string of the molecule is Cc1ccc(C(=O)CCC(=O)OCC(=O)c2ccc(S(=O)(=O)N3CCCC3)cc2)cc1. The number of Topliss-reactive ketones (excluding diaryl/α,β-unsaturated/α-hetero) is 2. The Morgan fingerprint density at radius 1 is 0.839 bits per heavy atom. The van der Waals surface area contributed by atoms with Gasteiger partial charge in [-0.25, -0.2) is 8.42 Å². The molecule has 0 aromatic heterocycles. The molecule has 7 nitrogen and oxygen atoms in total. The number of rotatable bonds is 9. The molecule has 2 aromatic carbocycles. The van der Waals surface area contributed by atoms with Crippen molar-refractivity contribution in [1.82, 2.24) is 4.31 Å². The highest BCUT2D eigenvalue weighted by atomic mass is 32.2. The van der Waals surface area contributed by atoms with E-state index in [1.807, 2.05) is 19.1 Å². The lowest BCUT2D eigenvalue weighted by molar-refractivity contribution is -0.142. The molecule has 164 valence electrons. The first-order valence-electron chi connectivity index (χ1n) is 10.2. The van der Waals surface area contributed by atoms with Crippen LogP contribution in [0.3, 0.4) is 0 Å². The van der Waals surface area contributed by atoms with Crippen molar-refractivity contribution >= 4 is 27.6 Å². The van der Waals surface area contributed by atoms with Gasteiger partial charge < -0.3 is 4.74 Å². The third kappa shape index (κ3) is 5.86. The van der Waals surface area contributed by atoms with Crippen molar-refractivity contribution < 1.29 is 27.5 Å². The molecule has 0 radical (unpaired) electrons. The summed E-state index contributed by atoms with van der Waals surface area (Å²) >= 11 is 0. The fourth-order valence-electron chi connectivity index (χ4n) is 3.29. The fraction of sp³-hybridized carbons (Fsp3) is 0.348. The largest absolute Gasteiger partial charge is 0.457 e. The summed E-state index contributed by atoms with van der Waals surface area (Å²) in [5.74, 6) is -1.25. The van der Waals surface area contributed by atoms with Crippen LogP contribution in [0.1, 0.15) is 52.0 Å². The summed E-state index contributed by atoms with van der Waals surface area (Å²) in [5.41, 5.74) is 1.82. The molecule has 1 saturated heterocycles. The van der Waals surface area contributed by atoms with Crippen LogP contribution < -0.4 is 0 Å². The molecule has 0 unspecified atom stereocenters. The van der Waals surface area contributed by atoms with Gasteiger partial charge in [0.2, 0.25) is 10.0 Å². The summed E-state index contributed by atoms with van der Waals surface area (Å²) in [5, 5.41) is 0. The van der Waals surface area contributed by atoms with Gasteiger partial charge in [0.25, 0.3) is 0 Å². The molecule has 0 N–H and O–H groups in total. The van der Waals surface area contributed by atoms with Crippen molar-refractivity contribution in [2.24, 2.45) is 0 Å². The van der Waals surface area contributed by atoms with Crippen LogP contribution in [0.5, 0.6) is 0 Å². The van der Waals surface area contributed by atoms with Crippen molar-refractivity contribution in [3.05, 3.63) is 65.2 Å². The number of aryl methyl sites for hydroxylation is 1. The van der Waals surface area contributed by atoms with Crippen LogP contribution in [0.4, 0.5) is 0 Å². The van der Waals surface area contributed by atoms with Crippen molar-refractivity contribution in [2.75, 3.05) is 19.7 Å². The number of benzene rings is 2. The standard InChI is InChI=1S/C23H25NO6S/c1-17-4-6-18(7-5-17)21(25)12-13-23(27)30-16-22(26)19-8-10-20(11-9-19)31(28,29)24-14-2-3-15-24/h4-11H,2-3,12-16H2,1H3. The summed E-state index contributed by atoms with van der Waals surface area (Å²) in [7, 11) is -3.54. The highest BCUT2D eigenvalue weighted by Gasteiger charge is 2.27. The number of sulfonamides is 1. The number of nitrogens with zero attached hydrogens (tertiary/aromatic N) is 1. The molecule has 3 rings (SSSR count). The highest BCUT2D eigenvalue weighted by Crippen LogP contribution is 2.21. The molecule has 0 aliphatic carbocycles. The summed E-state index contributed by atoms with van der Waals surface area (Å²) in [6.07, 6.45) is 1.57. The minimum absolute atomic E-state index is 0.000852.